The first-order valence-corrected chi connectivity index (χ1v) is 11.8. The molecule has 142 valence electrons. The molecule has 2 nitrogen and oxygen atoms in total. The van der Waals surface area contributed by atoms with Crippen LogP contribution in [0.1, 0.15) is 65.2 Å². The lowest BCUT2D eigenvalue weighted by atomic mass is 10.1. The summed E-state index contributed by atoms with van der Waals surface area (Å²) in [6, 6.07) is 4.37. The van der Waals surface area contributed by atoms with Crippen molar-refractivity contribution < 1.29 is 9.47 Å². The Hall–Kier alpha value is -1.26. The molecule has 0 aliphatic heterocycles. The van der Waals surface area contributed by atoms with E-state index in [1.807, 2.05) is 0 Å². The summed E-state index contributed by atoms with van der Waals surface area (Å²) >= 11 is 3.52. The number of rotatable bonds is 12. The van der Waals surface area contributed by atoms with Crippen molar-refractivity contribution in [2.75, 3.05) is 13.2 Å². The Kier molecular flexibility index (Phi) is 7.63. The molecule has 0 saturated heterocycles. The van der Waals surface area contributed by atoms with E-state index in [9.17, 15) is 0 Å². The van der Waals surface area contributed by atoms with Gasteiger partial charge in [-0.15, -0.1) is 22.7 Å². The van der Waals surface area contributed by atoms with E-state index in [0.29, 0.717) is 0 Å². The van der Waals surface area contributed by atoms with Crippen LogP contribution in [0.3, 0.4) is 0 Å². The van der Waals surface area contributed by atoms with Crippen LogP contribution < -0.4 is 9.47 Å². The van der Waals surface area contributed by atoms with Crippen LogP contribution in [0.2, 0.25) is 0 Å². The van der Waals surface area contributed by atoms with Gasteiger partial charge in [0.2, 0.25) is 0 Å². The molecule has 0 atom stereocenters. The second-order valence-electron chi connectivity index (χ2n) is 6.80. The summed E-state index contributed by atoms with van der Waals surface area (Å²) in [4.78, 5) is 0. The molecule has 3 aromatic rings. The van der Waals surface area contributed by atoms with Crippen LogP contribution in [0.25, 0.3) is 20.2 Å². The first-order valence-electron chi connectivity index (χ1n) is 10.0. The fourth-order valence-electron chi connectivity index (χ4n) is 3.27. The molecule has 0 unspecified atom stereocenters. The van der Waals surface area contributed by atoms with Crippen LogP contribution in [-0.4, -0.2) is 13.2 Å². The van der Waals surface area contributed by atoms with Gasteiger partial charge in [0.1, 0.15) is 11.5 Å². The van der Waals surface area contributed by atoms with Gasteiger partial charge in [0.15, 0.2) is 0 Å². The number of hydrogen-bond donors (Lipinski definition) is 0. The number of fused-ring (bicyclic) bond motifs is 2. The molecular weight excluding hydrogens is 360 g/mol. The average molecular weight is 391 g/mol. The quantitative estimate of drug-likeness (QED) is 0.291. The van der Waals surface area contributed by atoms with Crippen molar-refractivity contribution in [2.45, 2.75) is 65.2 Å². The first-order chi connectivity index (χ1) is 12.9. The molecular formula is C22H30O2S2. The third-order valence-corrected chi connectivity index (χ3v) is 6.55. The molecule has 2 aromatic heterocycles. The minimum absolute atomic E-state index is 0.801. The Morgan fingerprint density at radius 1 is 0.654 bits per heavy atom. The van der Waals surface area contributed by atoms with E-state index in [4.69, 9.17) is 9.47 Å². The summed E-state index contributed by atoms with van der Waals surface area (Å²) in [5, 5.41) is 6.73. The SMILES string of the molecule is CCCCCCOc1c2ccsc2c(OCCCCCC)c2ccsc12. The summed E-state index contributed by atoms with van der Waals surface area (Å²) in [6.07, 6.45) is 9.84. The summed E-state index contributed by atoms with van der Waals surface area (Å²) < 4.78 is 15.0. The van der Waals surface area contributed by atoms with Crippen LogP contribution >= 0.6 is 22.7 Å². The molecule has 0 saturated carbocycles. The van der Waals surface area contributed by atoms with Crippen molar-refractivity contribution in [2.24, 2.45) is 0 Å². The van der Waals surface area contributed by atoms with Gasteiger partial charge in [-0.25, -0.2) is 0 Å². The largest absolute Gasteiger partial charge is 0.491 e. The minimum Gasteiger partial charge on any atom is -0.491 e. The van der Waals surface area contributed by atoms with E-state index < -0.39 is 0 Å². The fraction of sp³-hybridized carbons (Fsp3) is 0.545. The summed E-state index contributed by atoms with van der Waals surface area (Å²) in [5.74, 6) is 2.11. The lowest BCUT2D eigenvalue weighted by Gasteiger charge is -2.13. The molecule has 0 bridgehead atoms. The van der Waals surface area contributed by atoms with Gasteiger partial charge >= 0.3 is 0 Å². The predicted octanol–water partition coefficient (Wildman–Crippen LogP) is 8.03. The number of unbranched alkanes of at least 4 members (excludes halogenated alkanes) is 6. The van der Waals surface area contributed by atoms with Crippen LogP contribution in [0, 0.1) is 0 Å². The van der Waals surface area contributed by atoms with Crippen LogP contribution in [-0.2, 0) is 0 Å². The Morgan fingerprint density at radius 3 is 1.54 bits per heavy atom. The van der Waals surface area contributed by atoms with E-state index in [1.165, 1.54) is 58.7 Å². The first kappa shape index (κ1) is 19.5. The molecule has 0 aliphatic rings. The Labute approximate surface area is 165 Å². The monoisotopic (exact) mass is 390 g/mol. The lowest BCUT2D eigenvalue weighted by molar-refractivity contribution is 0.307. The third kappa shape index (κ3) is 4.52. The maximum atomic E-state index is 6.27. The molecule has 1 aromatic carbocycles. The van der Waals surface area contributed by atoms with Gasteiger partial charge in [-0.3, -0.25) is 0 Å². The zero-order valence-corrected chi connectivity index (χ0v) is 17.6. The van der Waals surface area contributed by atoms with Crippen molar-refractivity contribution >= 4 is 42.8 Å². The van der Waals surface area contributed by atoms with Crippen molar-refractivity contribution in [3.8, 4) is 11.5 Å². The van der Waals surface area contributed by atoms with Gasteiger partial charge in [0.25, 0.3) is 0 Å². The maximum absolute atomic E-state index is 6.27. The molecule has 0 N–H and O–H groups in total. The number of thiophene rings is 2. The second-order valence-corrected chi connectivity index (χ2v) is 8.64. The molecule has 0 radical (unpaired) electrons. The zero-order chi connectivity index (χ0) is 18.2. The van der Waals surface area contributed by atoms with E-state index in [2.05, 4.69) is 36.7 Å². The van der Waals surface area contributed by atoms with Gasteiger partial charge < -0.3 is 9.47 Å². The van der Waals surface area contributed by atoms with Crippen LogP contribution in [0.15, 0.2) is 22.9 Å². The Morgan fingerprint density at radius 2 is 1.12 bits per heavy atom. The normalized spacial score (nSPS) is 11.5. The topological polar surface area (TPSA) is 18.5 Å². The van der Waals surface area contributed by atoms with Crippen molar-refractivity contribution in [3.63, 3.8) is 0 Å². The predicted molar refractivity (Wildman–Crippen MR) is 116 cm³/mol. The highest BCUT2D eigenvalue weighted by atomic mass is 32.1. The summed E-state index contributed by atoms with van der Waals surface area (Å²) in [7, 11) is 0. The van der Waals surface area contributed by atoms with Gasteiger partial charge in [0, 0.05) is 10.8 Å². The summed E-state index contributed by atoms with van der Waals surface area (Å²) in [6.45, 7) is 6.09. The van der Waals surface area contributed by atoms with Gasteiger partial charge in [0.05, 0.1) is 22.6 Å². The van der Waals surface area contributed by atoms with Crippen molar-refractivity contribution in [3.05, 3.63) is 22.9 Å². The Bertz CT molecular complexity index is 688. The second kappa shape index (κ2) is 10.2. The van der Waals surface area contributed by atoms with Crippen LogP contribution in [0.4, 0.5) is 0 Å². The molecule has 3 rings (SSSR count). The van der Waals surface area contributed by atoms with E-state index >= 15 is 0 Å². The molecule has 0 aliphatic carbocycles. The van der Waals surface area contributed by atoms with E-state index in [1.54, 1.807) is 22.7 Å². The molecule has 0 spiro atoms. The molecule has 0 amide bonds. The number of benzene rings is 1. The van der Waals surface area contributed by atoms with Gasteiger partial charge in [-0.05, 0) is 35.7 Å². The zero-order valence-electron chi connectivity index (χ0n) is 16.0. The molecule has 2 heterocycles. The smallest absolute Gasteiger partial charge is 0.146 e. The fourth-order valence-corrected chi connectivity index (χ4v) is 5.07. The van der Waals surface area contributed by atoms with Crippen LogP contribution in [0.5, 0.6) is 11.5 Å². The Balaban J connectivity index is 1.79. The summed E-state index contributed by atoms with van der Waals surface area (Å²) in [5.41, 5.74) is 0. The standard InChI is InChI=1S/C22H30O2S2/c1-3-5-7-9-13-23-19-17-11-15-26-22(17)20(18-12-16-25-21(18)19)24-14-10-8-6-4-2/h11-12,15-16H,3-10,13-14H2,1-2H3. The number of ether oxygens (including phenoxy) is 2. The van der Waals surface area contributed by atoms with E-state index in [0.717, 1.165) is 37.6 Å². The minimum atomic E-state index is 0.801. The van der Waals surface area contributed by atoms with E-state index in [-0.39, 0.29) is 0 Å². The lowest BCUT2D eigenvalue weighted by Crippen LogP contribution is -2.00. The van der Waals surface area contributed by atoms with Gasteiger partial charge in [-0.1, -0.05) is 52.4 Å². The van der Waals surface area contributed by atoms with Crippen molar-refractivity contribution in [1.29, 1.82) is 0 Å². The van der Waals surface area contributed by atoms with Crippen molar-refractivity contribution in [1.82, 2.24) is 0 Å². The highest BCUT2D eigenvalue weighted by molar-refractivity contribution is 7.19. The molecule has 4 heteroatoms. The highest BCUT2D eigenvalue weighted by Gasteiger charge is 2.18. The number of hydrogen-bond acceptors (Lipinski definition) is 4. The molecule has 0 fully saturated rings. The highest BCUT2D eigenvalue weighted by Crippen LogP contribution is 2.47. The maximum Gasteiger partial charge on any atom is 0.146 e. The molecule has 26 heavy (non-hydrogen) atoms. The third-order valence-electron chi connectivity index (χ3n) is 4.72. The average Bonchev–Trinajstić information content (AvgIpc) is 3.32. The van der Waals surface area contributed by atoms with Gasteiger partial charge in [-0.2, -0.15) is 0 Å².